The number of methoxy groups -OCH3 is 1. The van der Waals surface area contributed by atoms with Crippen molar-refractivity contribution in [3.63, 3.8) is 0 Å². The van der Waals surface area contributed by atoms with E-state index in [1.807, 2.05) is 42.4 Å². The zero-order chi connectivity index (χ0) is 31.8. The van der Waals surface area contributed by atoms with Crippen LogP contribution in [-0.2, 0) is 9.63 Å². The molecule has 2 bridgehead atoms. The lowest BCUT2D eigenvalue weighted by atomic mass is 10.0. The van der Waals surface area contributed by atoms with Crippen LogP contribution in [0.2, 0.25) is 0 Å². The number of anilines is 5. The van der Waals surface area contributed by atoms with Crippen LogP contribution in [0.15, 0.2) is 55.5 Å². The molecule has 6 heterocycles. The van der Waals surface area contributed by atoms with E-state index in [2.05, 4.69) is 60.0 Å². The topological polar surface area (TPSA) is 111 Å². The van der Waals surface area contributed by atoms with Gasteiger partial charge in [0.25, 0.3) is 0 Å². The summed E-state index contributed by atoms with van der Waals surface area (Å²) >= 11 is 0. The fraction of sp³-hybridized carbons (Fsp3) is 0.471. The van der Waals surface area contributed by atoms with Crippen molar-refractivity contribution in [1.82, 2.24) is 24.8 Å². The minimum absolute atomic E-state index is 0.00326. The molecule has 3 aromatic rings. The van der Waals surface area contributed by atoms with E-state index in [9.17, 15) is 4.79 Å². The lowest BCUT2D eigenvalue weighted by molar-refractivity contribution is -0.111. The Morgan fingerprint density at radius 2 is 1.89 bits per heavy atom. The van der Waals surface area contributed by atoms with Crippen molar-refractivity contribution in [3.05, 3.63) is 66.8 Å². The van der Waals surface area contributed by atoms with E-state index in [-0.39, 0.29) is 11.9 Å². The summed E-state index contributed by atoms with van der Waals surface area (Å²) in [6, 6.07) is 11.8. The van der Waals surface area contributed by atoms with Gasteiger partial charge in [0.05, 0.1) is 36.8 Å². The number of fused-ring (bicyclic) bond motifs is 2. The summed E-state index contributed by atoms with van der Waals surface area (Å²) in [6.07, 6.45) is 9.00. The number of carbonyl (C=O) groups is 1. The first-order valence-corrected chi connectivity index (χ1v) is 16.2. The number of aryl methyl sites for hydroxylation is 1. The number of hydroxylamine groups is 1. The molecule has 1 amide bonds. The number of pyridine rings is 1. The number of piperidine rings is 1. The van der Waals surface area contributed by atoms with E-state index in [1.165, 1.54) is 31.9 Å². The van der Waals surface area contributed by atoms with Gasteiger partial charge in [0.2, 0.25) is 5.91 Å². The molecule has 12 nitrogen and oxygen atoms in total. The van der Waals surface area contributed by atoms with E-state index in [1.54, 1.807) is 7.11 Å². The van der Waals surface area contributed by atoms with Gasteiger partial charge in [-0.15, -0.1) is 0 Å². The SMILES string of the molecule is C=CC(=O)Nc1cc(Nc2cc(N3OCC[C@@H]3c3ccc(C)nc3)ncn2)c(OC)cc1N1CCC(N2C[C@H]3C[C@@H]2CN3C)CC1. The van der Waals surface area contributed by atoms with Crippen LogP contribution in [0.5, 0.6) is 5.75 Å². The van der Waals surface area contributed by atoms with Crippen molar-refractivity contribution >= 4 is 34.6 Å². The van der Waals surface area contributed by atoms with Crippen molar-refractivity contribution in [2.24, 2.45) is 0 Å². The molecule has 2 N–H and O–H groups in total. The summed E-state index contributed by atoms with van der Waals surface area (Å²) < 4.78 is 5.88. The second kappa shape index (κ2) is 12.9. The molecule has 12 heteroatoms. The van der Waals surface area contributed by atoms with Gasteiger partial charge in [0.15, 0.2) is 5.82 Å². The van der Waals surface area contributed by atoms with Gasteiger partial charge >= 0.3 is 0 Å². The molecule has 0 saturated carbocycles. The molecule has 4 saturated heterocycles. The third kappa shape index (κ3) is 6.00. The molecule has 0 unspecified atom stereocenters. The van der Waals surface area contributed by atoms with E-state index in [0.29, 0.717) is 53.5 Å². The molecule has 0 spiro atoms. The normalized spacial score (nSPS) is 23.6. The summed E-state index contributed by atoms with van der Waals surface area (Å²) in [5.74, 6) is 1.59. The number of hydrogen-bond acceptors (Lipinski definition) is 11. The second-order valence-corrected chi connectivity index (χ2v) is 12.7. The van der Waals surface area contributed by atoms with Crippen LogP contribution in [0.4, 0.5) is 28.7 Å². The van der Waals surface area contributed by atoms with Crippen LogP contribution in [-0.4, -0.2) is 95.7 Å². The summed E-state index contributed by atoms with van der Waals surface area (Å²) in [5, 5.41) is 8.26. The smallest absolute Gasteiger partial charge is 0.247 e. The highest BCUT2D eigenvalue weighted by atomic mass is 16.7. The maximum absolute atomic E-state index is 12.6. The maximum Gasteiger partial charge on any atom is 0.247 e. The quantitative estimate of drug-likeness (QED) is 0.332. The number of piperazine rings is 1. The first-order chi connectivity index (χ1) is 22.4. The lowest BCUT2D eigenvalue weighted by Crippen LogP contribution is -2.52. The lowest BCUT2D eigenvalue weighted by Gasteiger charge is -2.43. The Bertz CT molecular complexity index is 1570. The van der Waals surface area contributed by atoms with Gasteiger partial charge in [-0.1, -0.05) is 12.6 Å². The number of rotatable bonds is 9. The van der Waals surface area contributed by atoms with Crippen molar-refractivity contribution < 1.29 is 14.4 Å². The van der Waals surface area contributed by atoms with Gasteiger partial charge in [-0.05, 0) is 57.0 Å². The molecule has 4 fully saturated rings. The second-order valence-electron chi connectivity index (χ2n) is 12.7. The minimum Gasteiger partial charge on any atom is -0.494 e. The minimum atomic E-state index is -0.267. The number of nitrogens with zero attached hydrogens (tertiary/aromatic N) is 7. The Balaban J connectivity index is 1.11. The van der Waals surface area contributed by atoms with Crippen LogP contribution < -0.4 is 25.3 Å². The number of likely N-dealkylation sites (tertiary alicyclic amines) is 2. The molecule has 2 aromatic heterocycles. The molecule has 1 aromatic carbocycles. The number of nitrogens with one attached hydrogen (secondary N) is 2. The fourth-order valence-corrected chi connectivity index (χ4v) is 7.51. The van der Waals surface area contributed by atoms with Crippen LogP contribution in [0.1, 0.15) is 43.0 Å². The van der Waals surface area contributed by atoms with E-state index < -0.39 is 0 Å². The monoisotopic (exact) mass is 625 g/mol. The number of carbonyl (C=O) groups excluding carboxylic acids is 1. The molecular formula is C34H43N9O3. The van der Waals surface area contributed by atoms with Gasteiger partial charge in [-0.3, -0.25) is 19.5 Å². The average molecular weight is 626 g/mol. The molecule has 46 heavy (non-hydrogen) atoms. The fourth-order valence-electron chi connectivity index (χ4n) is 7.51. The Labute approximate surface area is 270 Å². The third-order valence-electron chi connectivity index (χ3n) is 9.96. The van der Waals surface area contributed by atoms with Crippen molar-refractivity contribution in [3.8, 4) is 5.75 Å². The standard InChI is InChI=1S/C34H43N9O3/c1-5-34(44)39-27-15-28(38-32-17-33(37-21-36-32)43-29(10-13-46-43)23-7-6-22(2)35-18-23)31(45-4)16-30(27)41-11-8-24(9-12-41)42-20-25-14-26(42)19-40(25)3/h5-7,15-18,21,24-26,29H,1,8-14,19-20H2,2-4H3,(H,39,44)(H,36,37,38)/t25-,26-,29-/m1/s1. The van der Waals surface area contributed by atoms with Gasteiger partial charge < -0.3 is 25.2 Å². The molecular weight excluding hydrogens is 582 g/mol. The summed E-state index contributed by atoms with van der Waals surface area (Å²) in [4.78, 5) is 39.6. The van der Waals surface area contributed by atoms with E-state index in [0.717, 1.165) is 49.3 Å². The van der Waals surface area contributed by atoms with Gasteiger partial charge in [-0.2, -0.15) is 0 Å². The molecule has 0 radical (unpaired) electrons. The zero-order valence-electron chi connectivity index (χ0n) is 26.9. The Morgan fingerprint density at radius 1 is 1.04 bits per heavy atom. The highest BCUT2D eigenvalue weighted by Gasteiger charge is 2.44. The highest BCUT2D eigenvalue weighted by Crippen LogP contribution is 2.41. The Morgan fingerprint density at radius 3 is 2.59 bits per heavy atom. The van der Waals surface area contributed by atoms with Crippen molar-refractivity contribution in [2.75, 3.05) is 67.5 Å². The number of amides is 1. The third-order valence-corrected chi connectivity index (χ3v) is 9.96. The number of likely N-dealkylation sites (N-methyl/N-ethyl adjacent to an activating group) is 1. The van der Waals surface area contributed by atoms with Gasteiger partial charge in [0.1, 0.15) is 17.9 Å². The van der Waals surface area contributed by atoms with Crippen LogP contribution in [0.3, 0.4) is 0 Å². The van der Waals surface area contributed by atoms with Gasteiger partial charge in [0, 0.05) is 74.7 Å². The average Bonchev–Trinajstić information content (AvgIpc) is 3.82. The molecule has 0 aliphatic carbocycles. The predicted molar refractivity (Wildman–Crippen MR) is 179 cm³/mol. The number of aromatic nitrogens is 3. The van der Waals surface area contributed by atoms with E-state index in [4.69, 9.17) is 9.57 Å². The largest absolute Gasteiger partial charge is 0.494 e. The maximum atomic E-state index is 12.6. The molecule has 7 rings (SSSR count). The molecule has 242 valence electrons. The van der Waals surface area contributed by atoms with Crippen LogP contribution in [0.25, 0.3) is 0 Å². The number of benzene rings is 1. The summed E-state index contributed by atoms with van der Waals surface area (Å²) in [5.41, 5.74) is 4.34. The van der Waals surface area contributed by atoms with Crippen molar-refractivity contribution in [2.45, 2.75) is 56.8 Å². The van der Waals surface area contributed by atoms with Crippen molar-refractivity contribution in [1.29, 1.82) is 0 Å². The van der Waals surface area contributed by atoms with Gasteiger partial charge in [-0.25, -0.2) is 15.0 Å². The molecule has 4 aliphatic rings. The summed E-state index contributed by atoms with van der Waals surface area (Å²) in [7, 11) is 3.91. The first-order valence-electron chi connectivity index (χ1n) is 16.2. The first kappa shape index (κ1) is 30.4. The summed E-state index contributed by atoms with van der Waals surface area (Å²) in [6.45, 7) is 10.4. The predicted octanol–water partition coefficient (Wildman–Crippen LogP) is 4.30. The zero-order valence-corrected chi connectivity index (χ0v) is 26.9. The molecule has 3 atom stereocenters. The number of hydrogen-bond donors (Lipinski definition) is 2. The Hall–Kier alpha value is -4.26. The van der Waals surface area contributed by atoms with E-state index >= 15 is 0 Å². The Kier molecular flexibility index (Phi) is 8.50. The van der Waals surface area contributed by atoms with Crippen LogP contribution in [0, 0.1) is 6.92 Å². The molecule has 4 aliphatic heterocycles. The number of ether oxygens (including phenoxy) is 1. The van der Waals surface area contributed by atoms with Crippen LogP contribution >= 0.6 is 0 Å². The highest BCUT2D eigenvalue weighted by molar-refractivity contribution is 6.02.